The fourth-order valence-corrected chi connectivity index (χ4v) is 4.55. The lowest BCUT2D eigenvalue weighted by molar-refractivity contribution is -0.0212. The van der Waals surface area contributed by atoms with Gasteiger partial charge >= 0.3 is 5.97 Å². The molecule has 3 heterocycles. The van der Waals surface area contributed by atoms with Gasteiger partial charge in [0.25, 0.3) is 5.56 Å². The van der Waals surface area contributed by atoms with Crippen LogP contribution in [0.2, 0.25) is 0 Å². The maximum absolute atomic E-state index is 13.7. The molecule has 3 aliphatic rings. The van der Waals surface area contributed by atoms with Crippen molar-refractivity contribution in [3.05, 3.63) is 56.8 Å². The number of hydrogen-bond acceptors (Lipinski definition) is 5. The van der Waals surface area contributed by atoms with Gasteiger partial charge in [0.1, 0.15) is 11.4 Å². The second-order valence-corrected chi connectivity index (χ2v) is 7.58. The molecular weight excluding hydrogens is 349 g/mol. The van der Waals surface area contributed by atoms with Gasteiger partial charge in [0, 0.05) is 37.1 Å². The molecule has 140 valence electrons. The van der Waals surface area contributed by atoms with Gasteiger partial charge in [-0.05, 0) is 43.9 Å². The quantitative estimate of drug-likeness (QED) is 0.782. The molecule has 7 heteroatoms. The van der Waals surface area contributed by atoms with Gasteiger partial charge < -0.3 is 9.64 Å². The summed E-state index contributed by atoms with van der Waals surface area (Å²) in [5, 5.41) is 0. The molecule has 0 unspecified atom stereocenters. The summed E-state index contributed by atoms with van der Waals surface area (Å²) in [7, 11) is 0. The zero-order chi connectivity index (χ0) is 18.6. The van der Waals surface area contributed by atoms with E-state index in [1.54, 1.807) is 0 Å². The number of carbonyl (C=O) groups is 1. The Bertz CT molecular complexity index is 992. The molecule has 1 spiro atoms. The van der Waals surface area contributed by atoms with Crippen molar-refractivity contribution in [2.45, 2.75) is 44.1 Å². The van der Waals surface area contributed by atoms with Gasteiger partial charge in [0.05, 0.1) is 11.3 Å². The number of hydrogen-bond donors (Lipinski definition) is 1. The Morgan fingerprint density at radius 3 is 2.74 bits per heavy atom. The van der Waals surface area contributed by atoms with Crippen LogP contribution in [0, 0.1) is 5.82 Å². The first-order valence-electron chi connectivity index (χ1n) is 9.46. The van der Waals surface area contributed by atoms with Crippen LogP contribution in [0.15, 0.2) is 23.0 Å². The highest BCUT2D eigenvalue weighted by molar-refractivity contribution is 5.94. The molecule has 6 nitrogen and oxygen atoms in total. The predicted molar refractivity (Wildman–Crippen MR) is 96.4 cm³/mol. The SMILES string of the molecule is O=C1OC2(CCN(c3nc4c(c(=O)[nH]3)CCCC4)CC2)c2cc(F)ccc21. The summed E-state index contributed by atoms with van der Waals surface area (Å²) in [6.07, 6.45) is 4.80. The number of fused-ring (bicyclic) bond motifs is 3. The molecule has 1 N–H and O–H groups in total. The highest BCUT2D eigenvalue weighted by atomic mass is 19.1. The van der Waals surface area contributed by atoms with E-state index in [1.165, 1.54) is 18.2 Å². The van der Waals surface area contributed by atoms with Crippen LogP contribution in [-0.2, 0) is 23.2 Å². The molecule has 5 rings (SSSR count). The molecule has 0 amide bonds. The lowest BCUT2D eigenvalue weighted by atomic mass is 9.84. The number of esters is 1. The number of halogens is 1. The smallest absolute Gasteiger partial charge is 0.339 e. The summed E-state index contributed by atoms with van der Waals surface area (Å²) < 4.78 is 19.4. The predicted octanol–water partition coefficient (Wildman–Crippen LogP) is 2.45. The Morgan fingerprint density at radius 1 is 1.15 bits per heavy atom. The van der Waals surface area contributed by atoms with Crippen LogP contribution in [0.5, 0.6) is 0 Å². The zero-order valence-corrected chi connectivity index (χ0v) is 14.9. The monoisotopic (exact) mass is 369 g/mol. The van der Waals surface area contributed by atoms with E-state index in [4.69, 9.17) is 4.74 Å². The summed E-state index contributed by atoms with van der Waals surface area (Å²) in [6.45, 7) is 1.15. The average molecular weight is 369 g/mol. The van der Waals surface area contributed by atoms with Gasteiger partial charge in [-0.2, -0.15) is 0 Å². The van der Waals surface area contributed by atoms with Crippen molar-refractivity contribution in [1.29, 1.82) is 0 Å². The van der Waals surface area contributed by atoms with Crippen LogP contribution >= 0.6 is 0 Å². The van der Waals surface area contributed by atoms with Gasteiger partial charge in [0.15, 0.2) is 0 Å². The Balaban J connectivity index is 1.42. The lowest BCUT2D eigenvalue weighted by Gasteiger charge is -2.39. The molecular formula is C20H20FN3O3. The third-order valence-electron chi connectivity index (χ3n) is 6.03. The summed E-state index contributed by atoms with van der Waals surface area (Å²) in [5.41, 5.74) is 1.98. The van der Waals surface area contributed by atoms with E-state index in [-0.39, 0.29) is 11.4 Å². The fraction of sp³-hybridized carbons (Fsp3) is 0.450. The minimum atomic E-state index is -0.778. The molecule has 1 aromatic heterocycles. The Kier molecular flexibility index (Phi) is 3.60. The molecule has 2 aromatic rings. The molecule has 1 fully saturated rings. The topological polar surface area (TPSA) is 75.3 Å². The van der Waals surface area contributed by atoms with E-state index in [1.807, 2.05) is 4.90 Å². The first kappa shape index (κ1) is 16.5. The van der Waals surface area contributed by atoms with Crippen molar-refractivity contribution in [3.63, 3.8) is 0 Å². The summed E-state index contributed by atoms with van der Waals surface area (Å²) in [4.78, 5) is 34.2. The lowest BCUT2D eigenvalue weighted by Crippen LogP contribution is -2.44. The summed E-state index contributed by atoms with van der Waals surface area (Å²) >= 11 is 0. The summed E-state index contributed by atoms with van der Waals surface area (Å²) in [5.74, 6) is -0.174. The minimum Gasteiger partial charge on any atom is -0.450 e. The van der Waals surface area contributed by atoms with Crippen LogP contribution in [0.25, 0.3) is 0 Å². The average Bonchev–Trinajstić information content (AvgIpc) is 2.93. The van der Waals surface area contributed by atoms with E-state index >= 15 is 0 Å². The van der Waals surface area contributed by atoms with Crippen LogP contribution in [0.1, 0.15) is 52.9 Å². The number of rotatable bonds is 1. The number of benzene rings is 1. The van der Waals surface area contributed by atoms with Crippen molar-refractivity contribution in [3.8, 4) is 0 Å². The number of anilines is 1. The molecule has 27 heavy (non-hydrogen) atoms. The van der Waals surface area contributed by atoms with E-state index in [2.05, 4.69) is 9.97 Å². The maximum Gasteiger partial charge on any atom is 0.339 e. The maximum atomic E-state index is 13.7. The van der Waals surface area contributed by atoms with E-state index in [0.29, 0.717) is 43.0 Å². The molecule has 0 saturated carbocycles. The molecule has 2 aliphatic heterocycles. The first-order valence-corrected chi connectivity index (χ1v) is 9.46. The number of piperidine rings is 1. The Morgan fingerprint density at radius 2 is 1.93 bits per heavy atom. The highest BCUT2D eigenvalue weighted by Crippen LogP contribution is 2.44. The van der Waals surface area contributed by atoms with Crippen molar-refractivity contribution < 1.29 is 13.9 Å². The van der Waals surface area contributed by atoms with E-state index in [0.717, 1.165) is 36.9 Å². The van der Waals surface area contributed by atoms with Crippen molar-refractivity contribution in [2.75, 3.05) is 18.0 Å². The second-order valence-electron chi connectivity index (χ2n) is 7.58. The van der Waals surface area contributed by atoms with E-state index in [9.17, 15) is 14.0 Å². The first-order chi connectivity index (χ1) is 13.1. The standard InChI is InChI=1S/C20H20FN3O3/c21-12-5-6-13-15(11-12)20(27-18(13)26)7-9-24(10-8-20)19-22-16-4-2-1-3-14(16)17(25)23-19/h5-6,11H,1-4,7-10H2,(H,22,23,25). The molecule has 1 aromatic carbocycles. The fourth-order valence-electron chi connectivity index (χ4n) is 4.55. The summed E-state index contributed by atoms with van der Waals surface area (Å²) in [6, 6.07) is 4.20. The van der Waals surface area contributed by atoms with Crippen LogP contribution < -0.4 is 10.5 Å². The van der Waals surface area contributed by atoms with Crippen LogP contribution in [0.3, 0.4) is 0 Å². The third kappa shape index (κ3) is 2.56. The van der Waals surface area contributed by atoms with Crippen LogP contribution in [-0.4, -0.2) is 29.0 Å². The zero-order valence-electron chi connectivity index (χ0n) is 14.9. The van der Waals surface area contributed by atoms with E-state index < -0.39 is 11.6 Å². The van der Waals surface area contributed by atoms with Gasteiger partial charge in [0.2, 0.25) is 5.95 Å². The molecule has 1 saturated heterocycles. The second kappa shape index (κ2) is 5.90. The number of nitrogens with zero attached hydrogens (tertiary/aromatic N) is 2. The Labute approximate surface area is 155 Å². The number of aromatic amines is 1. The number of carbonyl (C=O) groups excluding carboxylic acids is 1. The van der Waals surface area contributed by atoms with Crippen LogP contribution in [0.4, 0.5) is 10.3 Å². The van der Waals surface area contributed by atoms with Gasteiger partial charge in [-0.3, -0.25) is 9.78 Å². The number of aromatic nitrogens is 2. The van der Waals surface area contributed by atoms with Gasteiger partial charge in [-0.1, -0.05) is 0 Å². The number of H-pyrrole nitrogens is 1. The third-order valence-corrected chi connectivity index (χ3v) is 6.03. The number of ether oxygens (including phenoxy) is 1. The molecule has 1 aliphatic carbocycles. The molecule has 0 atom stereocenters. The van der Waals surface area contributed by atoms with Crippen molar-refractivity contribution in [2.24, 2.45) is 0 Å². The highest BCUT2D eigenvalue weighted by Gasteiger charge is 2.47. The number of nitrogens with one attached hydrogen (secondary N) is 1. The molecule has 0 bridgehead atoms. The van der Waals surface area contributed by atoms with Gasteiger partial charge in [-0.25, -0.2) is 14.2 Å². The van der Waals surface area contributed by atoms with Crippen molar-refractivity contribution >= 4 is 11.9 Å². The number of aryl methyl sites for hydroxylation is 1. The van der Waals surface area contributed by atoms with Gasteiger partial charge in [-0.15, -0.1) is 0 Å². The Hall–Kier alpha value is -2.70. The largest absolute Gasteiger partial charge is 0.450 e. The minimum absolute atomic E-state index is 0.0466. The van der Waals surface area contributed by atoms with Crippen molar-refractivity contribution in [1.82, 2.24) is 9.97 Å². The molecule has 0 radical (unpaired) electrons. The normalized spacial score (nSPS) is 20.3.